The summed E-state index contributed by atoms with van der Waals surface area (Å²) in [6, 6.07) is 5.02. The monoisotopic (exact) mass is 292 g/mol. The molecule has 21 heavy (non-hydrogen) atoms. The number of aromatic hydroxyl groups is 1. The normalized spacial score (nSPS) is 10.9. The van der Waals surface area contributed by atoms with Crippen LogP contribution in [0.3, 0.4) is 0 Å². The molecule has 1 heterocycles. The lowest BCUT2D eigenvalue weighted by molar-refractivity contribution is 0.102. The molecule has 7 heteroatoms. The minimum atomic E-state index is -0.778. The van der Waals surface area contributed by atoms with Crippen molar-refractivity contribution >= 4 is 11.7 Å². The lowest BCUT2D eigenvalue weighted by atomic mass is 10.2. The predicted molar refractivity (Wildman–Crippen MR) is 76.8 cm³/mol. The molecule has 112 valence electrons. The Morgan fingerprint density at radius 2 is 2.19 bits per heavy atom. The van der Waals surface area contributed by atoms with E-state index in [1.807, 2.05) is 19.0 Å². The Hall–Kier alpha value is -2.41. The summed E-state index contributed by atoms with van der Waals surface area (Å²) >= 11 is 0. The fraction of sp³-hybridized carbons (Fsp3) is 0.286. The van der Waals surface area contributed by atoms with Crippen molar-refractivity contribution in [3.8, 4) is 5.75 Å². The number of phenols is 1. The van der Waals surface area contributed by atoms with E-state index in [-0.39, 0.29) is 11.3 Å². The van der Waals surface area contributed by atoms with Gasteiger partial charge in [-0.3, -0.25) is 9.48 Å². The number of phenolic OH excluding ortho intramolecular Hbond substituents is 1. The van der Waals surface area contributed by atoms with Gasteiger partial charge in [-0.1, -0.05) is 0 Å². The number of amides is 1. The fourth-order valence-corrected chi connectivity index (χ4v) is 1.73. The average Bonchev–Trinajstić information content (AvgIpc) is 2.83. The second kappa shape index (κ2) is 6.36. The molecular weight excluding hydrogens is 275 g/mol. The van der Waals surface area contributed by atoms with E-state index in [9.17, 15) is 9.18 Å². The highest BCUT2D eigenvalue weighted by atomic mass is 19.1. The van der Waals surface area contributed by atoms with Gasteiger partial charge in [0.1, 0.15) is 11.6 Å². The Bertz CT molecular complexity index is 640. The molecule has 0 aliphatic rings. The van der Waals surface area contributed by atoms with Gasteiger partial charge in [-0.05, 0) is 26.2 Å². The molecule has 0 aliphatic heterocycles. The molecule has 0 saturated heterocycles. The zero-order valence-corrected chi connectivity index (χ0v) is 11.9. The molecule has 0 aliphatic carbocycles. The molecule has 0 unspecified atom stereocenters. The van der Waals surface area contributed by atoms with E-state index in [1.54, 1.807) is 16.9 Å². The highest BCUT2D eigenvalue weighted by Crippen LogP contribution is 2.16. The number of carbonyl (C=O) groups is 1. The number of rotatable bonds is 5. The summed E-state index contributed by atoms with van der Waals surface area (Å²) in [4.78, 5) is 14.0. The number of likely N-dealkylation sites (N-methyl/N-ethyl adjacent to an activating group) is 1. The first-order valence-corrected chi connectivity index (χ1v) is 6.44. The van der Waals surface area contributed by atoms with Gasteiger partial charge >= 0.3 is 0 Å². The molecule has 6 nitrogen and oxygen atoms in total. The average molecular weight is 292 g/mol. The van der Waals surface area contributed by atoms with Crippen LogP contribution in [0.1, 0.15) is 10.4 Å². The van der Waals surface area contributed by atoms with Crippen LogP contribution in [0.5, 0.6) is 5.75 Å². The molecule has 0 atom stereocenters. The highest BCUT2D eigenvalue weighted by Gasteiger charge is 2.13. The maximum Gasteiger partial charge on any atom is 0.259 e. The molecular formula is C14H17FN4O2. The number of nitrogens with one attached hydrogen (secondary N) is 1. The largest absolute Gasteiger partial charge is 0.508 e. The molecule has 2 N–H and O–H groups in total. The lowest BCUT2D eigenvalue weighted by Gasteiger charge is -2.08. The number of hydrogen-bond acceptors (Lipinski definition) is 4. The standard InChI is InChI=1S/C14H17FN4O2/c1-18(2)7-8-19-6-5-13(17-19)16-14(21)11-4-3-10(20)9-12(11)15/h3-6,9,20H,7-8H2,1-2H3,(H,16,17,21). The second-order valence-electron chi connectivity index (χ2n) is 4.89. The van der Waals surface area contributed by atoms with Crippen LogP contribution in [0.4, 0.5) is 10.2 Å². The van der Waals surface area contributed by atoms with E-state index >= 15 is 0 Å². The molecule has 0 bridgehead atoms. The van der Waals surface area contributed by atoms with Crippen molar-refractivity contribution in [3.63, 3.8) is 0 Å². The Morgan fingerprint density at radius 3 is 2.86 bits per heavy atom. The summed E-state index contributed by atoms with van der Waals surface area (Å²) in [5, 5.41) is 15.8. The molecule has 1 aromatic carbocycles. The second-order valence-corrected chi connectivity index (χ2v) is 4.89. The number of anilines is 1. The van der Waals surface area contributed by atoms with E-state index in [0.29, 0.717) is 12.4 Å². The van der Waals surface area contributed by atoms with Gasteiger partial charge in [-0.2, -0.15) is 5.10 Å². The molecule has 0 saturated carbocycles. The zero-order valence-electron chi connectivity index (χ0n) is 11.9. The summed E-state index contributed by atoms with van der Waals surface area (Å²) in [5.74, 6) is -1.26. The highest BCUT2D eigenvalue weighted by molar-refractivity contribution is 6.04. The van der Waals surface area contributed by atoms with E-state index in [2.05, 4.69) is 10.4 Å². The number of carbonyl (C=O) groups excluding carboxylic acids is 1. The first-order valence-electron chi connectivity index (χ1n) is 6.44. The van der Waals surface area contributed by atoms with Crippen LogP contribution in [0.15, 0.2) is 30.5 Å². The summed E-state index contributed by atoms with van der Waals surface area (Å²) < 4.78 is 15.3. The first kappa shape index (κ1) is 15.0. The van der Waals surface area contributed by atoms with Crippen LogP contribution in [-0.4, -0.2) is 46.3 Å². The molecule has 0 radical (unpaired) electrons. The smallest absolute Gasteiger partial charge is 0.259 e. The lowest BCUT2D eigenvalue weighted by Crippen LogP contribution is -2.19. The van der Waals surface area contributed by atoms with E-state index < -0.39 is 11.7 Å². The topological polar surface area (TPSA) is 70.4 Å². The van der Waals surface area contributed by atoms with Crippen LogP contribution in [0.25, 0.3) is 0 Å². The van der Waals surface area contributed by atoms with Crippen molar-refractivity contribution in [3.05, 3.63) is 41.8 Å². The van der Waals surface area contributed by atoms with Crippen LogP contribution >= 0.6 is 0 Å². The summed E-state index contributed by atoms with van der Waals surface area (Å²) in [5.41, 5.74) is -0.143. The van der Waals surface area contributed by atoms with Crippen LogP contribution in [-0.2, 0) is 6.54 Å². The molecule has 2 rings (SSSR count). The zero-order chi connectivity index (χ0) is 15.4. The third-order valence-corrected chi connectivity index (χ3v) is 2.86. The van der Waals surface area contributed by atoms with E-state index in [4.69, 9.17) is 5.11 Å². The maximum atomic E-state index is 13.6. The van der Waals surface area contributed by atoms with Crippen LogP contribution < -0.4 is 5.32 Å². The molecule has 0 spiro atoms. The summed E-state index contributed by atoms with van der Waals surface area (Å²) in [6.07, 6.45) is 1.74. The summed E-state index contributed by atoms with van der Waals surface area (Å²) in [7, 11) is 3.92. The number of halogens is 1. The molecule has 0 fully saturated rings. The van der Waals surface area contributed by atoms with Crippen molar-refractivity contribution < 1.29 is 14.3 Å². The Morgan fingerprint density at radius 1 is 1.43 bits per heavy atom. The van der Waals surface area contributed by atoms with Gasteiger partial charge in [0.05, 0.1) is 12.1 Å². The van der Waals surface area contributed by atoms with Crippen LogP contribution in [0, 0.1) is 5.82 Å². The Kier molecular flexibility index (Phi) is 4.54. The van der Waals surface area contributed by atoms with E-state index in [0.717, 1.165) is 12.6 Å². The molecule has 1 amide bonds. The van der Waals surface area contributed by atoms with Gasteiger partial charge in [0.2, 0.25) is 0 Å². The van der Waals surface area contributed by atoms with Crippen molar-refractivity contribution in [2.75, 3.05) is 26.0 Å². The third-order valence-electron chi connectivity index (χ3n) is 2.86. The van der Waals surface area contributed by atoms with Gasteiger partial charge in [0.15, 0.2) is 5.82 Å². The fourth-order valence-electron chi connectivity index (χ4n) is 1.73. The Labute approximate surface area is 121 Å². The number of hydrogen-bond donors (Lipinski definition) is 2. The molecule has 2 aromatic rings. The SMILES string of the molecule is CN(C)CCn1ccc(NC(=O)c2ccc(O)cc2F)n1. The minimum absolute atomic E-state index is 0.143. The van der Waals surface area contributed by atoms with Crippen molar-refractivity contribution in [2.24, 2.45) is 0 Å². The van der Waals surface area contributed by atoms with Crippen molar-refractivity contribution in [1.82, 2.24) is 14.7 Å². The van der Waals surface area contributed by atoms with Crippen molar-refractivity contribution in [1.29, 1.82) is 0 Å². The van der Waals surface area contributed by atoms with Crippen molar-refractivity contribution in [2.45, 2.75) is 6.54 Å². The van der Waals surface area contributed by atoms with Gasteiger partial charge in [0.25, 0.3) is 5.91 Å². The van der Waals surface area contributed by atoms with E-state index in [1.165, 1.54) is 12.1 Å². The predicted octanol–water partition coefficient (Wildman–Crippen LogP) is 1.54. The Balaban J connectivity index is 2.02. The van der Waals surface area contributed by atoms with Gasteiger partial charge in [-0.15, -0.1) is 0 Å². The van der Waals surface area contributed by atoms with Gasteiger partial charge in [0, 0.05) is 24.9 Å². The van der Waals surface area contributed by atoms with Crippen LogP contribution in [0.2, 0.25) is 0 Å². The number of nitrogens with zero attached hydrogens (tertiary/aromatic N) is 3. The summed E-state index contributed by atoms with van der Waals surface area (Å²) in [6.45, 7) is 1.51. The molecule has 1 aromatic heterocycles. The minimum Gasteiger partial charge on any atom is -0.508 e. The number of aromatic nitrogens is 2. The third kappa shape index (κ3) is 4.03. The van der Waals surface area contributed by atoms with Gasteiger partial charge < -0.3 is 15.3 Å². The quantitative estimate of drug-likeness (QED) is 0.877. The maximum absolute atomic E-state index is 13.6. The number of benzene rings is 1. The van der Waals surface area contributed by atoms with Gasteiger partial charge in [-0.25, -0.2) is 4.39 Å². The first-order chi connectivity index (χ1) is 9.95.